The van der Waals surface area contributed by atoms with Gasteiger partial charge >= 0.3 is 0 Å². The van der Waals surface area contributed by atoms with Crippen LogP contribution in [0.1, 0.15) is 50.2 Å². The highest BCUT2D eigenvalue weighted by Crippen LogP contribution is 2.11. The maximum absolute atomic E-state index is 12.4. The van der Waals surface area contributed by atoms with Gasteiger partial charge in [-0.3, -0.25) is 4.79 Å². The van der Waals surface area contributed by atoms with E-state index >= 15 is 0 Å². The van der Waals surface area contributed by atoms with Crippen LogP contribution in [-0.2, 0) is 11.2 Å². The first-order valence-electron chi connectivity index (χ1n) is 7.62. The van der Waals surface area contributed by atoms with Crippen LogP contribution in [0.3, 0.4) is 0 Å². The molecule has 0 saturated heterocycles. The average Bonchev–Trinajstić information content (AvgIpc) is 2.42. The number of aryl methyl sites for hydroxylation is 1. The zero-order valence-corrected chi connectivity index (χ0v) is 13.5. The molecule has 0 aliphatic rings. The number of anilines is 1. The van der Waals surface area contributed by atoms with Crippen LogP contribution in [0.5, 0.6) is 0 Å². The zero-order valence-electron chi connectivity index (χ0n) is 13.5. The number of ether oxygens (including phenoxy) is 1. The first-order valence-corrected chi connectivity index (χ1v) is 7.62. The van der Waals surface area contributed by atoms with Gasteiger partial charge in [0.25, 0.3) is 5.91 Å². The Kier molecular flexibility index (Phi) is 7.15. The number of nitrogens with one attached hydrogen (secondary N) is 1. The number of rotatable bonds is 8. The molecule has 1 unspecified atom stereocenters. The molecule has 0 aliphatic heterocycles. The third-order valence-corrected chi connectivity index (χ3v) is 3.29. The first kappa shape index (κ1) is 17.4. The summed E-state index contributed by atoms with van der Waals surface area (Å²) in [5.74, 6) is 0.562. The van der Waals surface area contributed by atoms with Crippen LogP contribution in [0, 0.1) is 5.92 Å². The number of pyridine rings is 1. The standard InChI is InChI=1S/C16H27N3O2/c1-5-7-13-8-12(9-15(17)18-13)16(20)19-14(11(3)4)10-21-6-2/h8-9,11,14H,5-7,10H2,1-4H3,(H2,17,18)(H,19,20). The van der Waals surface area contributed by atoms with Gasteiger partial charge < -0.3 is 15.8 Å². The summed E-state index contributed by atoms with van der Waals surface area (Å²) in [5, 5.41) is 3.02. The predicted octanol–water partition coefficient (Wildman–Crippen LogP) is 2.41. The molecular formula is C16H27N3O2. The smallest absolute Gasteiger partial charge is 0.251 e. The van der Waals surface area contributed by atoms with Gasteiger partial charge in [-0.2, -0.15) is 0 Å². The quantitative estimate of drug-likeness (QED) is 0.771. The van der Waals surface area contributed by atoms with Crippen molar-refractivity contribution in [2.24, 2.45) is 5.92 Å². The minimum atomic E-state index is -0.125. The highest BCUT2D eigenvalue weighted by atomic mass is 16.5. The summed E-state index contributed by atoms with van der Waals surface area (Å²) in [6.07, 6.45) is 1.79. The van der Waals surface area contributed by atoms with E-state index in [-0.39, 0.29) is 11.9 Å². The van der Waals surface area contributed by atoms with E-state index in [2.05, 4.69) is 31.1 Å². The number of carbonyl (C=O) groups is 1. The van der Waals surface area contributed by atoms with Crippen molar-refractivity contribution in [3.63, 3.8) is 0 Å². The lowest BCUT2D eigenvalue weighted by Crippen LogP contribution is -2.42. The predicted molar refractivity (Wildman–Crippen MR) is 85.2 cm³/mol. The van der Waals surface area contributed by atoms with Gasteiger partial charge in [0.1, 0.15) is 5.82 Å². The SMILES string of the molecule is CCCc1cc(C(=O)NC(COCC)C(C)C)cc(N)n1. The molecule has 1 rings (SSSR count). The van der Waals surface area contributed by atoms with E-state index < -0.39 is 0 Å². The number of hydrogen-bond donors (Lipinski definition) is 2. The molecule has 5 heteroatoms. The van der Waals surface area contributed by atoms with E-state index in [0.717, 1.165) is 18.5 Å². The van der Waals surface area contributed by atoms with Gasteiger partial charge in [0.15, 0.2) is 0 Å². The van der Waals surface area contributed by atoms with Crippen molar-refractivity contribution in [3.05, 3.63) is 23.4 Å². The Balaban J connectivity index is 2.81. The second kappa shape index (κ2) is 8.62. The summed E-state index contributed by atoms with van der Waals surface area (Å²) in [5.41, 5.74) is 7.20. The van der Waals surface area contributed by atoms with Gasteiger partial charge in [0.05, 0.1) is 12.6 Å². The average molecular weight is 293 g/mol. The van der Waals surface area contributed by atoms with Crippen molar-refractivity contribution in [3.8, 4) is 0 Å². The van der Waals surface area contributed by atoms with Gasteiger partial charge in [-0.15, -0.1) is 0 Å². The largest absolute Gasteiger partial charge is 0.384 e. The Bertz CT molecular complexity index is 461. The molecule has 0 spiro atoms. The molecule has 1 amide bonds. The lowest BCUT2D eigenvalue weighted by Gasteiger charge is -2.22. The first-order chi connectivity index (χ1) is 9.97. The molecule has 1 aromatic rings. The van der Waals surface area contributed by atoms with Crippen LogP contribution in [0.4, 0.5) is 5.82 Å². The molecule has 3 N–H and O–H groups in total. The highest BCUT2D eigenvalue weighted by Gasteiger charge is 2.18. The lowest BCUT2D eigenvalue weighted by atomic mass is 10.0. The fourth-order valence-electron chi connectivity index (χ4n) is 2.02. The topological polar surface area (TPSA) is 77.2 Å². The Morgan fingerprint density at radius 1 is 1.38 bits per heavy atom. The molecule has 0 saturated carbocycles. The van der Waals surface area contributed by atoms with Crippen molar-refractivity contribution in [2.45, 2.75) is 46.6 Å². The van der Waals surface area contributed by atoms with Gasteiger partial charge in [-0.05, 0) is 31.4 Å². The highest BCUT2D eigenvalue weighted by molar-refractivity contribution is 5.95. The fourth-order valence-corrected chi connectivity index (χ4v) is 2.02. The van der Waals surface area contributed by atoms with Crippen LogP contribution < -0.4 is 11.1 Å². The number of nitrogens with two attached hydrogens (primary N) is 1. The molecule has 0 bridgehead atoms. The number of nitrogen functional groups attached to an aromatic ring is 1. The second-order valence-corrected chi connectivity index (χ2v) is 5.51. The monoisotopic (exact) mass is 293 g/mol. The molecule has 1 atom stereocenters. The van der Waals surface area contributed by atoms with Gasteiger partial charge in [-0.1, -0.05) is 27.2 Å². The number of aromatic nitrogens is 1. The minimum absolute atomic E-state index is 0.0125. The van der Waals surface area contributed by atoms with Crippen molar-refractivity contribution < 1.29 is 9.53 Å². The molecule has 5 nitrogen and oxygen atoms in total. The summed E-state index contributed by atoms with van der Waals surface area (Å²) in [6.45, 7) is 9.30. The molecule has 1 heterocycles. The Morgan fingerprint density at radius 2 is 2.10 bits per heavy atom. The van der Waals surface area contributed by atoms with Crippen molar-refractivity contribution in [1.82, 2.24) is 10.3 Å². The van der Waals surface area contributed by atoms with E-state index in [1.165, 1.54) is 0 Å². The zero-order chi connectivity index (χ0) is 15.8. The van der Waals surface area contributed by atoms with Gasteiger partial charge in [0.2, 0.25) is 0 Å². The molecule has 118 valence electrons. The molecule has 1 aromatic heterocycles. The normalized spacial score (nSPS) is 12.4. The minimum Gasteiger partial charge on any atom is -0.384 e. The van der Waals surface area contributed by atoms with E-state index in [1.54, 1.807) is 6.07 Å². The van der Waals surface area contributed by atoms with Crippen molar-refractivity contribution >= 4 is 11.7 Å². The number of nitrogens with zero attached hydrogens (tertiary/aromatic N) is 1. The fraction of sp³-hybridized carbons (Fsp3) is 0.625. The third-order valence-electron chi connectivity index (χ3n) is 3.29. The Morgan fingerprint density at radius 3 is 2.67 bits per heavy atom. The van der Waals surface area contributed by atoms with E-state index in [1.807, 2.05) is 13.0 Å². The van der Waals surface area contributed by atoms with Crippen LogP contribution in [-0.4, -0.2) is 30.1 Å². The molecule has 0 fully saturated rings. The number of carbonyl (C=O) groups excluding carboxylic acids is 1. The van der Waals surface area contributed by atoms with E-state index in [0.29, 0.717) is 30.5 Å². The van der Waals surface area contributed by atoms with Crippen LogP contribution in [0.25, 0.3) is 0 Å². The van der Waals surface area contributed by atoms with Crippen LogP contribution >= 0.6 is 0 Å². The van der Waals surface area contributed by atoms with Crippen LogP contribution in [0.15, 0.2) is 12.1 Å². The summed E-state index contributed by atoms with van der Waals surface area (Å²) in [7, 11) is 0. The molecule has 0 aliphatic carbocycles. The number of amides is 1. The van der Waals surface area contributed by atoms with Crippen molar-refractivity contribution in [1.29, 1.82) is 0 Å². The van der Waals surface area contributed by atoms with E-state index in [9.17, 15) is 4.79 Å². The Hall–Kier alpha value is -1.62. The molecule has 0 aromatic carbocycles. The second-order valence-electron chi connectivity index (χ2n) is 5.51. The molecule has 0 radical (unpaired) electrons. The van der Waals surface area contributed by atoms with E-state index in [4.69, 9.17) is 10.5 Å². The maximum Gasteiger partial charge on any atom is 0.251 e. The summed E-state index contributed by atoms with van der Waals surface area (Å²) < 4.78 is 5.43. The van der Waals surface area contributed by atoms with Gasteiger partial charge in [-0.25, -0.2) is 4.98 Å². The van der Waals surface area contributed by atoms with Crippen molar-refractivity contribution in [2.75, 3.05) is 18.9 Å². The third kappa shape index (κ3) is 5.71. The summed E-state index contributed by atoms with van der Waals surface area (Å²) in [6, 6.07) is 3.42. The summed E-state index contributed by atoms with van der Waals surface area (Å²) >= 11 is 0. The maximum atomic E-state index is 12.4. The van der Waals surface area contributed by atoms with Crippen LogP contribution in [0.2, 0.25) is 0 Å². The summed E-state index contributed by atoms with van der Waals surface area (Å²) in [4.78, 5) is 16.6. The Labute approximate surface area is 127 Å². The lowest BCUT2D eigenvalue weighted by molar-refractivity contribution is 0.0806. The number of hydrogen-bond acceptors (Lipinski definition) is 4. The molecular weight excluding hydrogens is 266 g/mol. The molecule has 21 heavy (non-hydrogen) atoms. The van der Waals surface area contributed by atoms with Gasteiger partial charge in [0, 0.05) is 17.9 Å².